The molecule has 0 radical (unpaired) electrons. The van der Waals surface area contributed by atoms with Crippen LogP contribution in [0.1, 0.15) is 40.5 Å². The minimum atomic E-state index is -3.33. The van der Waals surface area contributed by atoms with Crippen molar-refractivity contribution in [3.63, 3.8) is 0 Å². The Morgan fingerprint density at radius 3 is 2.54 bits per heavy atom. The molecule has 3 heterocycles. The Bertz CT molecular complexity index is 1800. The molecule has 3 aromatic carbocycles. The molecule has 1 fully saturated rings. The van der Waals surface area contributed by atoms with E-state index < -0.39 is 31.6 Å². The summed E-state index contributed by atoms with van der Waals surface area (Å²) in [7, 11) is -1.75. The number of ether oxygens (including phenoxy) is 2. The summed E-state index contributed by atoms with van der Waals surface area (Å²) in [4.78, 5) is 29.2. The standard InChI is InChI=1S/C35H39BrFN5O5Si/c1-22-32(48(3,4)37)31(15-17-41-21-27(16-18-43)39-40-41)47-35(22)29-19-25(36)9-14-30(29)42(34(35)45)20-23-5-10-26(11-6-23)38-33(44)24-7-12-28(46-2)13-8-24/h5-14,19,21-22,31-32,43H,15-18,20H2,1-4H3,(H,38,44)/t22-,31+,32-,35+/m1/s1. The van der Waals surface area contributed by atoms with Crippen molar-refractivity contribution in [2.45, 2.75) is 63.2 Å². The lowest BCUT2D eigenvalue weighted by Gasteiger charge is -2.31. The van der Waals surface area contributed by atoms with Gasteiger partial charge in [0.05, 0.1) is 31.1 Å². The van der Waals surface area contributed by atoms with E-state index in [4.69, 9.17) is 9.47 Å². The zero-order chi connectivity index (χ0) is 34.2. The number of hydrogen-bond donors (Lipinski definition) is 2. The van der Waals surface area contributed by atoms with E-state index in [0.717, 1.165) is 21.3 Å². The number of benzene rings is 3. The van der Waals surface area contributed by atoms with Crippen LogP contribution in [0.15, 0.2) is 77.4 Å². The summed E-state index contributed by atoms with van der Waals surface area (Å²) in [5.41, 5.74) is 2.34. The van der Waals surface area contributed by atoms with Crippen molar-refractivity contribution in [1.82, 2.24) is 15.0 Å². The molecule has 10 nitrogen and oxygen atoms in total. The number of rotatable bonds is 11. The number of aromatic nitrogens is 3. The van der Waals surface area contributed by atoms with Gasteiger partial charge in [0.2, 0.25) is 8.41 Å². The highest BCUT2D eigenvalue weighted by molar-refractivity contribution is 9.10. The SMILES string of the molecule is COc1ccc(C(=O)Nc2ccc(CN3C(=O)[C@@]4(O[C@@H](CCn5cc(CCO)nn5)[C@H]([Si](C)(C)F)[C@H]4C)c4cc(Br)ccc43)cc2)cc1. The summed E-state index contributed by atoms with van der Waals surface area (Å²) < 4.78 is 30.7. The summed E-state index contributed by atoms with van der Waals surface area (Å²) in [5, 5.41) is 20.4. The smallest absolute Gasteiger partial charge is 0.264 e. The number of hydrogen-bond acceptors (Lipinski definition) is 7. The first kappa shape index (κ1) is 34.0. The molecule has 0 bridgehead atoms. The van der Waals surface area contributed by atoms with Crippen molar-refractivity contribution in [1.29, 1.82) is 0 Å². The van der Waals surface area contributed by atoms with Crippen LogP contribution in [-0.2, 0) is 34.6 Å². The molecule has 0 aliphatic carbocycles. The third-order valence-corrected chi connectivity index (χ3v) is 12.4. The molecule has 13 heteroatoms. The van der Waals surface area contributed by atoms with Gasteiger partial charge in [-0.25, -0.2) is 0 Å². The summed E-state index contributed by atoms with van der Waals surface area (Å²) in [6.45, 7) is 6.01. The van der Waals surface area contributed by atoms with Crippen molar-refractivity contribution >= 4 is 47.5 Å². The second-order valence-corrected chi connectivity index (χ2v) is 17.6. The van der Waals surface area contributed by atoms with Crippen molar-refractivity contribution in [3.8, 4) is 5.75 Å². The number of aliphatic hydroxyl groups is 1. The second kappa shape index (κ2) is 13.5. The molecule has 6 rings (SSSR count). The Labute approximate surface area is 288 Å². The first-order valence-corrected chi connectivity index (χ1v) is 19.7. The highest BCUT2D eigenvalue weighted by Gasteiger charge is 2.66. The van der Waals surface area contributed by atoms with E-state index >= 15 is 4.11 Å². The number of halogens is 2. The fourth-order valence-corrected chi connectivity index (χ4v) is 10.1. The maximum absolute atomic E-state index is 16.2. The number of carbonyl (C=O) groups is 2. The number of aliphatic hydroxyl groups excluding tert-OH is 1. The molecule has 4 atom stereocenters. The molecule has 2 aliphatic rings. The summed E-state index contributed by atoms with van der Waals surface area (Å²) in [5.74, 6) is -0.207. The molecule has 2 N–H and O–H groups in total. The van der Waals surface area contributed by atoms with Gasteiger partial charge in [-0.15, -0.1) is 5.10 Å². The van der Waals surface area contributed by atoms with E-state index in [2.05, 4.69) is 31.6 Å². The van der Waals surface area contributed by atoms with Gasteiger partial charge in [0.25, 0.3) is 11.8 Å². The van der Waals surface area contributed by atoms with Gasteiger partial charge >= 0.3 is 0 Å². The Balaban J connectivity index is 1.24. The first-order chi connectivity index (χ1) is 22.9. The van der Waals surface area contributed by atoms with Crippen molar-refractivity contribution in [3.05, 3.63) is 99.8 Å². The summed E-state index contributed by atoms with van der Waals surface area (Å²) >= 11 is 3.59. The van der Waals surface area contributed by atoms with Gasteiger partial charge in [-0.3, -0.25) is 14.3 Å². The average Bonchev–Trinajstić information content (AvgIpc) is 3.70. The lowest BCUT2D eigenvalue weighted by atomic mass is 9.82. The molecule has 0 unspecified atom stereocenters. The Morgan fingerprint density at radius 2 is 1.88 bits per heavy atom. The van der Waals surface area contributed by atoms with Gasteiger partial charge in [0.1, 0.15) is 5.75 Å². The van der Waals surface area contributed by atoms with Gasteiger partial charge < -0.3 is 28.9 Å². The van der Waals surface area contributed by atoms with E-state index in [1.165, 1.54) is 0 Å². The van der Waals surface area contributed by atoms with Crippen LogP contribution in [0.5, 0.6) is 5.75 Å². The largest absolute Gasteiger partial charge is 0.497 e. The van der Waals surface area contributed by atoms with E-state index in [1.54, 1.807) is 60.2 Å². The van der Waals surface area contributed by atoms with E-state index in [-0.39, 0.29) is 25.0 Å². The second-order valence-electron chi connectivity index (χ2n) is 12.9. The van der Waals surface area contributed by atoms with E-state index in [1.807, 2.05) is 49.4 Å². The number of aryl methyl sites for hydroxylation is 1. The van der Waals surface area contributed by atoms with Crippen LogP contribution >= 0.6 is 15.9 Å². The van der Waals surface area contributed by atoms with Crippen LogP contribution in [0.4, 0.5) is 15.5 Å². The van der Waals surface area contributed by atoms with Crippen molar-refractivity contribution in [2.24, 2.45) is 5.92 Å². The molecule has 1 spiro atoms. The maximum Gasteiger partial charge on any atom is 0.264 e. The minimum Gasteiger partial charge on any atom is -0.497 e. The number of nitrogens with one attached hydrogen (secondary N) is 1. The van der Waals surface area contributed by atoms with Crippen LogP contribution in [-0.4, -0.2) is 60.1 Å². The molecule has 252 valence electrons. The Kier molecular flexibility index (Phi) is 9.58. The monoisotopic (exact) mass is 735 g/mol. The quantitative estimate of drug-likeness (QED) is 0.138. The molecule has 2 amide bonds. The molecule has 0 saturated carbocycles. The topological polar surface area (TPSA) is 119 Å². The summed E-state index contributed by atoms with van der Waals surface area (Å²) in [6, 6.07) is 20.0. The number of carbonyl (C=O) groups excluding carboxylic acids is 2. The van der Waals surface area contributed by atoms with Crippen LogP contribution in [0.2, 0.25) is 18.6 Å². The molecular weight excluding hydrogens is 697 g/mol. The van der Waals surface area contributed by atoms with Gasteiger partial charge in [-0.1, -0.05) is 40.2 Å². The molecule has 2 aliphatic heterocycles. The minimum absolute atomic E-state index is 0.0208. The van der Waals surface area contributed by atoms with E-state index in [9.17, 15) is 14.7 Å². The first-order valence-electron chi connectivity index (χ1n) is 16.0. The van der Waals surface area contributed by atoms with Crippen LogP contribution < -0.4 is 15.0 Å². The highest BCUT2D eigenvalue weighted by atomic mass is 79.9. The number of amides is 2. The number of nitrogens with zero attached hydrogens (tertiary/aromatic N) is 4. The zero-order valence-electron chi connectivity index (χ0n) is 27.3. The van der Waals surface area contributed by atoms with Crippen LogP contribution in [0.25, 0.3) is 0 Å². The average molecular weight is 737 g/mol. The predicted molar refractivity (Wildman–Crippen MR) is 186 cm³/mol. The van der Waals surface area contributed by atoms with Gasteiger partial charge in [0, 0.05) is 58.5 Å². The number of fused-ring (bicyclic) bond motifs is 2. The number of methoxy groups -OCH3 is 1. The maximum atomic E-state index is 16.2. The van der Waals surface area contributed by atoms with Crippen LogP contribution in [0, 0.1) is 5.92 Å². The van der Waals surface area contributed by atoms with Gasteiger partial charge in [-0.05, 0) is 79.7 Å². The fourth-order valence-electron chi connectivity index (χ4n) is 7.20. The Morgan fingerprint density at radius 1 is 1.15 bits per heavy atom. The van der Waals surface area contributed by atoms with Gasteiger partial charge in [-0.2, -0.15) is 0 Å². The lowest BCUT2D eigenvalue weighted by Crippen LogP contribution is -2.45. The normalized spacial score (nSPS) is 21.9. The van der Waals surface area contributed by atoms with Crippen LogP contribution in [0.3, 0.4) is 0 Å². The third kappa shape index (κ3) is 6.43. The van der Waals surface area contributed by atoms with E-state index in [0.29, 0.717) is 42.1 Å². The van der Waals surface area contributed by atoms with Crippen molar-refractivity contribution < 1.29 is 28.3 Å². The molecule has 48 heavy (non-hydrogen) atoms. The molecule has 1 aromatic heterocycles. The van der Waals surface area contributed by atoms with Crippen molar-refractivity contribution in [2.75, 3.05) is 23.9 Å². The zero-order valence-corrected chi connectivity index (χ0v) is 29.9. The molecule has 1 saturated heterocycles. The lowest BCUT2D eigenvalue weighted by molar-refractivity contribution is -0.146. The van der Waals surface area contributed by atoms with Gasteiger partial charge in [0.15, 0.2) is 5.60 Å². The third-order valence-electron chi connectivity index (χ3n) is 9.42. The molecule has 4 aromatic rings. The Hall–Kier alpha value is -3.91. The summed E-state index contributed by atoms with van der Waals surface area (Å²) in [6.07, 6.45) is 2.13. The fraction of sp³-hybridized carbons (Fsp3) is 0.371. The molecular formula is C35H39BrFN5O5Si. The predicted octanol–water partition coefficient (Wildman–Crippen LogP) is 6.25. The highest BCUT2D eigenvalue weighted by Crippen LogP contribution is 2.60. The number of anilines is 2.